The van der Waals surface area contributed by atoms with Crippen LogP contribution in [0.4, 0.5) is 0 Å². The smallest absolute Gasteiger partial charge is 0.295 e. The molecular weight excluding hydrogens is 448 g/mol. The highest BCUT2D eigenvalue weighted by Crippen LogP contribution is 2.42. The standard InChI is InChI=1S/C27H34N2O6/c1-6-28(7-2)13-14-29-24(18-9-11-20(30)22(16-18)35-8-3)23(26(32)27(29)33)25(31)19-10-12-21(34-5)17(4)15-19/h9-12,15-16,24,30-31H,6-8,13-14H2,1-5H3/t24-/m1/s1. The third-order valence-corrected chi connectivity index (χ3v) is 6.36. The highest BCUT2D eigenvalue weighted by Gasteiger charge is 2.46. The Morgan fingerprint density at radius 2 is 1.77 bits per heavy atom. The Labute approximate surface area is 206 Å². The Kier molecular flexibility index (Phi) is 8.40. The number of ketones is 1. The maximum absolute atomic E-state index is 13.3. The lowest BCUT2D eigenvalue weighted by Gasteiger charge is -2.28. The Hall–Kier alpha value is -3.52. The van der Waals surface area contributed by atoms with Gasteiger partial charge in [0.05, 0.1) is 25.3 Å². The van der Waals surface area contributed by atoms with Crippen LogP contribution in [0.15, 0.2) is 42.0 Å². The summed E-state index contributed by atoms with van der Waals surface area (Å²) >= 11 is 0. The van der Waals surface area contributed by atoms with Crippen LogP contribution >= 0.6 is 0 Å². The van der Waals surface area contributed by atoms with Gasteiger partial charge in [-0.3, -0.25) is 9.59 Å². The lowest BCUT2D eigenvalue weighted by Crippen LogP contribution is -2.38. The van der Waals surface area contributed by atoms with Gasteiger partial charge in [-0.1, -0.05) is 19.9 Å². The molecule has 0 unspecified atom stereocenters. The third kappa shape index (κ3) is 5.27. The normalized spacial score (nSPS) is 17.3. The number of Topliss-reactive ketones (excluding diaryl/α,β-unsaturated/α-hetero) is 1. The zero-order chi connectivity index (χ0) is 25.7. The van der Waals surface area contributed by atoms with Crippen molar-refractivity contribution in [3.63, 3.8) is 0 Å². The predicted octanol–water partition coefficient (Wildman–Crippen LogP) is 3.87. The molecule has 0 radical (unpaired) electrons. The summed E-state index contributed by atoms with van der Waals surface area (Å²) in [7, 11) is 1.56. The zero-order valence-corrected chi connectivity index (χ0v) is 21.0. The molecule has 3 rings (SSSR count). The van der Waals surface area contributed by atoms with Gasteiger partial charge in [0.2, 0.25) is 0 Å². The average molecular weight is 483 g/mol. The van der Waals surface area contributed by atoms with E-state index in [1.807, 2.05) is 20.8 Å². The number of aliphatic hydroxyl groups is 1. The summed E-state index contributed by atoms with van der Waals surface area (Å²) in [6.45, 7) is 10.6. The quantitative estimate of drug-likeness (QED) is 0.301. The molecule has 0 bridgehead atoms. The molecule has 1 heterocycles. The van der Waals surface area contributed by atoms with Crippen LogP contribution in [0.5, 0.6) is 17.2 Å². The van der Waals surface area contributed by atoms with Crippen molar-refractivity contribution in [3.8, 4) is 17.2 Å². The molecule has 0 aromatic heterocycles. The number of benzene rings is 2. The second-order valence-corrected chi connectivity index (χ2v) is 8.36. The van der Waals surface area contributed by atoms with Crippen LogP contribution in [0.1, 0.15) is 43.5 Å². The number of hydrogen-bond donors (Lipinski definition) is 2. The Bertz CT molecular complexity index is 1120. The van der Waals surface area contributed by atoms with Gasteiger partial charge in [-0.25, -0.2) is 0 Å². The molecular formula is C27H34N2O6. The predicted molar refractivity (Wildman–Crippen MR) is 134 cm³/mol. The minimum absolute atomic E-state index is 0.00671. The van der Waals surface area contributed by atoms with Gasteiger partial charge in [0.15, 0.2) is 11.5 Å². The van der Waals surface area contributed by atoms with E-state index in [0.717, 1.165) is 18.7 Å². The number of carbonyl (C=O) groups is 2. The molecule has 1 saturated heterocycles. The molecule has 8 nitrogen and oxygen atoms in total. The van der Waals surface area contributed by atoms with Gasteiger partial charge in [-0.2, -0.15) is 0 Å². The highest BCUT2D eigenvalue weighted by molar-refractivity contribution is 6.46. The number of ether oxygens (including phenoxy) is 2. The van der Waals surface area contributed by atoms with E-state index in [2.05, 4.69) is 4.90 Å². The van der Waals surface area contributed by atoms with Gasteiger partial charge in [0.1, 0.15) is 11.5 Å². The summed E-state index contributed by atoms with van der Waals surface area (Å²) in [5, 5.41) is 21.5. The van der Waals surface area contributed by atoms with Crippen molar-refractivity contribution in [2.75, 3.05) is 39.9 Å². The molecule has 0 aliphatic carbocycles. The number of hydrogen-bond acceptors (Lipinski definition) is 7. The number of amides is 1. The van der Waals surface area contributed by atoms with Gasteiger partial charge in [-0.15, -0.1) is 0 Å². The van der Waals surface area contributed by atoms with Crippen LogP contribution in [-0.4, -0.2) is 71.6 Å². The molecule has 1 atom stereocenters. The number of aliphatic hydroxyl groups excluding tert-OH is 1. The topological polar surface area (TPSA) is 99.5 Å². The number of likely N-dealkylation sites (tertiary alicyclic amines) is 1. The molecule has 8 heteroatoms. The molecule has 2 aromatic rings. The molecule has 0 spiro atoms. The molecule has 1 amide bonds. The lowest BCUT2D eigenvalue weighted by molar-refractivity contribution is -0.140. The van der Waals surface area contributed by atoms with Gasteiger partial charge >= 0.3 is 0 Å². The number of phenols is 1. The summed E-state index contributed by atoms with van der Waals surface area (Å²) in [5.41, 5.74) is 1.77. The fraction of sp³-hybridized carbons (Fsp3) is 0.407. The lowest BCUT2D eigenvalue weighted by atomic mass is 9.94. The van der Waals surface area contributed by atoms with E-state index in [0.29, 0.717) is 36.6 Å². The van der Waals surface area contributed by atoms with E-state index in [1.54, 1.807) is 44.4 Å². The molecule has 2 aromatic carbocycles. The first-order valence-electron chi connectivity index (χ1n) is 11.9. The highest BCUT2D eigenvalue weighted by atomic mass is 16.5. The molecule has 188 valence electrons. The van der Waals surface area contributed by atoms with Crippen LogP contribution in [0.25, 0.3) is 5.76 Å². The number of rotatable bonds is 10. The Balaban J connectivity index is 2.16. The largest absolute Gasteiger partial charge is 0.507 e. The van der Waals surface area contributed by atoms with Crippen LogP contribution in [0.2, 0.25) is 0 Å². The maximum atomic E-state index is 13.3. The van der Waals surface area contributed by atoms with Crippen molar-refractivity contribution in [2.45, 2.75) is 33.7 Å². The fourth-order valence-electron chi connectivity index (χ4n) is 4.40. The van der Waals surface area contributed by atoms with E-state index < -0.39 is 17.7 Å². The molecule has 1 fully saturated rings. The van der Waals surface area contributed by atoms with Crippen molar-refractivity contribution in [1.82, 2.24) is 9.80 Å². The van der Waals surface area contributed by atoms with Crippen molar-refractivity contribution in [3.05, 3.63) is 58.7 Å². The number of aromatic hydroxyl groups is 1. The molecule has 1 aliphatic rings. The summed E-state index contributed by atoms with van der Waals surface area (Å²) in [4.78, 5) is 30.1. The number of phenolic OH excluding ortho intramolecular Hbond substituents is 1. The Morgan fingerprint density at radius 1 is 1.06 bits per heavy atom. The SMILES string of the molecule is CCOc1cc([C@@H]2C(=C(O)c3ccc(OC)c(C)c3)C(=O)C(=O)N2CCN(CC)CC)ccc1O. The maximum Gasteiger partial charge on any atom is 0.295 e. The summed E-state index contributed by atoms with van der Waals surface area (Å²) < 4.78 is 10.8. The summed E-state index contributed by atoms with van der Waals surface area (Å²) in [5.74, 6) is -0.805. The number of nitrogens with zero attached hydrogens (tertiary/aromatic N) is 2. The minimum atomic E-state index is -0.826. The van der Waals surface area contributed by atoms with Gasteiger partial charge < -0.3 is 29.5 Å². The van der Waals surface area contributed by atoms with Gasteiger partial charge in [0.25, 0.3) is 11.7 Å². The van der Waals surface area contributed by atoms with Crippen molar-refractivity contribution in [1.29, 1.82) is 0 Å². The van der Waals surface area contributed by atoms with Crippen molar-refractivity contribution < 1.29 is 29.3 Å². The second kappa shape index (κ2) is 11.3. The van der Waals surface area contributed by atoms with Crippen LogP contribution < -0.4 is 9.47 Å². The minimum Gasteiger partial charge on any atom is -0.507 e. The fourth-order valence-corrected chi connectivity index (χ4v) is 4.40. The number of carbonyl (C=O) groups excluding carboxylic acids is 2. The van der Waals surface area contributed by atoms with E-state index in [1.165, 1.54) is 11.0 Å². The van der Waals surface area contributed by atoms with Crippen molar-refractivity contribution in [2.24, 2.45) is 0 Å². The molecule has 0 saturated carbocycles. The van der Waals surface area contributed by atoms with E-state index in [4.69, 9.17) is 9.47 Å². The first-order valence-corrected chi connectivity index (χ1v) is 11.9. The van der Waals surface area contributed by atoms with Crippen LogP contribution in [-0.2, 0) is 9.59 Å². The van der Waals surface area contributed by atoms with E-state index in [9.17, 15) is 19.8 Å². The molecule has 1 aliphatic heterocycles. The average Bonchev–Trinajstić information content (AvgIpc) is 3.10. The van der Waals surface area contributed by atoms with Gasteiger partial charge in [-0.05, 0) is 68.4 Å². The van der Waals surface area contributed by atoms with Crippen LogP contribution in [0, 0.1) is 6.92 Å². The first-order chi connectivity index (χ1) is 16.8. The summed E-state index contributed by atoms with van der Waals surface area (Å²) in [6.07, 6.45) is 0. The first kappa shape index (κ1) is 26.1. The van der Waals surface area contributed by atoms with E-state index >= 15 is 0 Å². The molecule has 35 heavy (non-hydrogen) atoms. The molecule has 2 N–H and O–H groups in total. The Morgan fingerprint density at radius 3 is 2.37 bits per heavy atom. The zero-order valence-electron chi connectivity index (χ0n) is 21.0. The second-order valence-electron chi connectivity index (χ2n) is 8.36. The number of aryl methyl sites for hydroxylation is 1. The number of likely N-dealkylation sites (N-methyl/N-ethyl adjacent to an activating group) is 1. The third-order valence-electron chi connectivity index (χ3n) is 6.36. The van der Waals surface area contributed by atoms with Crippen LogP contribution in [0.3, 0.4) is 0 Å². The van der Waals surface area contributed by atoms with E-state index in [-0.39, 0.29) is 22.8 Å². The summed E-state index contributed by atoms with van der Waals surface area (Å²) in [6, 6.07) is 9.00. The number of methoxy groups -OCH3 is 1. The monoisotopic (exact) mass is 482 g/mol. The van der Waals surface area contributed by atoms with Crippen molar-refractivity contribution >= 4 is 17.4 Å². The van der Waals surface area contributed by atoms with Gasteiger partial charge in [0, 0.05) is 18.7 Å².